The Balaban J connectivity index is 3.16. The minimum absolute atomic E-state index is 0.0527. The maximum absolute atomic E-state index is 13.1. The average molecular weight is 257 g/mol. The average Bonchev–Trinajstić information content (AvgIpc) is 2.17. The Labute approximate surface area is 94.8 Å². The largest absolute Gasteiger partial charge is 0.390 e. The quantitative estimate of drug-likeness (QED) is 0.870. The molecular formula is C8H8Cl2F2N2O. The van der Waals surface area contributed by atoms with Crippen LogP contribution >= 0.6 is 23.2 Å². The van der Waals surface area contributed by atoms with Crippen molar-refractivity contribution in [3.8, 4) is 0 Å². The number of hydrogen-bond acceptors (Lipinski definition) is 3. The van der Waals surface area contributed by atoms with Crippen LogP contribution in [-0.4, -0.2) is 22.6 Å². The highest BCUT2D eigenvalue weighted by atomic mass is 35.5. The highest BCUT2D eigenvalue weighted by molar-refractivity contribution is 6.35. The lowest BCUT2D eigenvalue weighted by Gasteiger charge is -2.23. The van der Waals surface area contributed by atoms with Crippen molar-refractivity contribution in [3.63, 3.8) is 0 Å². The Hall–Kier alpha value is -0.490. The summed E-state index contributed by atoms with van der Waals surface area (Å²) in [6.45, 7) is -1.37. The normalized spacial score (nSPS) is 14.0. The molecule has 0 aliphatic rings. The SMILES string of the molecule is N[C@H](c1c(Cl)cncc1Cl)C(F)(F)CO. The number of nitrogens with zero attached hydrogens (tertiary/aromatic N) is 1. The first kappa shape index (κ1) is 12.6. The van der Waals surface area contributed by atoms with Crippen molar-refractivity contribution in [2.75, 3.05) is 6.61 Å². The zero-order valence-electron chi connectivity index (χ0n) is 7.42. The van der Waals surface area contributed by atoms with Gasteiger partial charge in [-0.25, -0.2) is 8.78 Å². The van der Waals surface area contributed by atoms with E-state index in [1.165, 1.54) is 0 Å². The first-order chi connectivity index (χ1) is 6.90. The lowest BCUT2D eigenvalue weighted by molar-refractivity contribution is -0.0711. The van der Waals surface area contributed by atoms with Gasteiger partial charge < -0.3 is 10.8 Å². The highest BCUT2D eigenvalue weighted by Gasteiger charge is 2.39. The van der Waals surface area contributed by atoms with E-state index in [1.807, 2.05) is 0 Å². The topological polar surface area (TPSA) is 59.1 Å². The molecule has 0 saturated heterocycles. The third kappa shape index (κ3) is 2.55. The number of rotatable bonds is 3. The van der Waals surface area contributed by atoms with Crippen LogP contribution in [0.2, 0.25) is 10.0 Å². The first-order valence-electron chi connectivity index (χ1n) is 3.93. The summed E-state index contributed by atoms with van der Waals surface area (Å²) in [4.78, 5) is 3.61. The van der Waals surface area contributed by atoms with Crippen molar-refractivity contribution in [2.24, 2.45) is 5.73 Å². The van der Waals surface area contributed by atoms with Crippen molar-refractivity contribution in [2.45, 2.75) is 12.0 Å². The van der Waals surface area contributed by atoms with Crippen LogP contribution in [0.15, 0.2) is 12.4 Å². The van der Waals surface area contributed by atoms with Crippen LogP contribution in [0, 0.1) is 0 Å². The highest BCUT2D eigenvalue weighted by Crippen LogP contribution is 2.36. The van der Waals surface area contributed by atoms with Gasteiger partial charge in [-0.05, 0) is 0 Å². The first-order valence-corrected chi connectivity index (χ1v) is 4.69. The number of nitrogens with two attached hydrogens (primary N) is 1. The second kappa shape index (κ2) is 4.57. The van der Waals surface area contributed by atoms with Crippen LogP contribution in [0.1, 0.15) is 11.6 Å². The van der Waals surface area contributed by atoms with Crippen LogP contribution in [0.3, 0.4) is 0 Å². The van der Waals surface area contributed by atoms with Gasteiger partial charge in [-0.3, -0.25) is 4.98 Å². The van der Waals surface area contributed by atoms with Crippen LogP contribution in [0.25, 0.3) is 0 Å². The van der Waals surface area contributed by atoms with Crippen LogP contribution in [0.5, 0.6) is 0 Å². The van der Waals surface area contributed by atoms with E-state index < -0.39 is 18.6 Å². The predicted octanol–water partition coefficient (Wildman–Crippen LogP) is 2.02. The monoisotopic (exact) mass is 256 g/mol. The zero-order chi connectivity index (χ0) is 11.6. The Morgan fingerprint density at radius 3 is 2.27 bits per heavy atom. The van der Waals surface area contributed by atoms with Crippen LogP contribution in [-0.2, 0) is 0 Å². The summed E-state index contributed by atoms with van der Waals surface area (Å²) in [5.41, 5.74) is 5.16. The lowest BCUT2D eigenvalue weighted by Crippen LogP contribution is -2.36. The van der Waals surface area contributed by atoms with Gasteiger partial charge in [0.25, 0.3) is 5.92 Å². The van der Waals surface area contributed by atoms with E-state index in [9.17, 15) is 8.78 Å². The molecule has 0 bridgehead atoms. The molecule has 0 spiro atoms. The standard InChI is InChI=1S/C8H8Cl2F2N2O/c9-4-1-14-2-5(10)6(4)7(13)8(11,12)3-15/h1-2,7,15H,3,13H2/t7-/m1/s1. The second-order valence-electron chi connectivity index (χ2n) is 2.91. The number of pyridine rings is 1. The van der Waals surface area contributed by atoms with E-state index >= 15 is 0 Å². The van der Waals surface area contributed by atoms with Crippen molar-refractivity contribution in [1.29, 1.82) is 0 Å². The number of alkyl halides is 2. The molecule has 7 heteroatoms. The van der Waals surface area contributed by atoms with Crippen molar-refractivity contribution < 1.29 is 13.9 Å². The Bertz CT molecular complexity index is 342. The van der Waals surface area contributed by atoms with E-state index in [-0.39, 0.29) is 15.6 Å². The summed E-state index contributed by atoms with van der Waals surface area (Å²) < 4.78 is 26.2. The predicted molar refractivity (Wildman–Crippen MR) is 53.2 cm³/mol. The zero-order valence-corrected chi connectivity index (χ0v) is 8.93. The summed E-state index contributed by atoms with van der Waals surface area (Å²) in [6, 6.07) is -1.76. The van der Waals surface area contributed by atoms with E-state index in [0.29, 0.717) is 0 Å². The van der Waals surface area contributed by atoms with Gasteiger partial charge in [0.1, 0.15) is 6.61 Å². The third-order valence-electron chi connectivity index (χ3n) is 1.87. The molecule has 1 rings (SSSR count). The fraction of sp³-hybridized carbons (Fsp3) is 0.375. The van der Waals surface area contributed by atoms with E-state index in [0.717, 1.165) is 12.4 Å². The maximum Gasteiger partial charge on any atom is 0.289 e. The summed E-state index contributed by atoms with van der Waals surface area (Å²) in [5, 5.41) is 8.37. The third-order valence-corrected chi connectivity index (χ3v) is 2.47. The fourth-order valence-corrected chi connectivity index (χ4v) is 1.63. The molecule has 1 heterocycles. The van der Waals surface area contributed by atoms with Gasteiger partial charge in [0.05, 0.1) is 16.1 Å². The van der Waals surface area contributed by atoms with Gasteiger partial charge in [-0.2, -0.15) is 0 Å². The molecule has 1 atom stereocenters. The van der Waals surface area contributed by atoms with Gasteiger partial charge in [0, 0.05) is 18.0 Å². The lowest BCUT2D eigenvalue weighted by atomic mass is 10.0. The molecule has 0 aliphatic carbocycles. The fourth-order valence-electron chi connectivity index (χ4n) is 1.03. The molecule has 0 radical (unpaired) electrons. The molecule has 1 aromatic heterocycles. The minimum atomic E-state index is -3.48. The van der Waals surface area contributed by atoms with E-state index in [4.69, 9.17) is 34.0 Å². The molecule has 15 heavy (non-hydrogen) atoms. The van der Waals surface area contributed by atoms with Crippen molar-refractivity contribution >= 4 is 23.2 Å². The molecule has 84 valence electrons. The van der Waals surface area contributed by atoms with Crippen LogP contribution < -0.4 is 5.73 Å². The summed E-state index contributed by atoms with van der Waals surface area (Å²) in [6.07, 6.45) is 2.33. The molecule has 0 saturated carbocycles. The number of aliphatic hydroxyl groups excluding tert-OH is 1. The molecular weight excluding hydrogens is 249 g/mol. The Morgan fingerprint density at radius 2 is 1.87 bits per heavy atom. The van der Waals surface area contributed by atoms with Gasteiger partial charge in [0.2, 0.25) is 0 Å². The van der Waals surface area contributed by atoms with Crippen molar-refractivity contribution in [1.82, 2.24) is 4.98 Å². The summed E-state index contributed by atoms with van der Waals surface area (Å²) in [5.74, 6) is -3.48. The van der Waals surface area contributed by atoms with Gasteiger partial charge in [0.15, 0.2) is 0 Å². The molecule has 0 unspecified atom stereocenters. The second-order valence-corrected chi connectivity index (χ2v) is 3.73. The molecule has 1 aromatic rings. The number of aromatic nitrogens is 1. The minimum Gasteiger partial charge on any atom is -0.390 e. The summed E-state index contributed by atoms with van der Waals surface area (Å²) >= 11 is 11.3. The molecule has 0 fully saturated rings. The van der Waals surface area contributed by atoms with E-state index in [1.54, 1.807) is 0 Å². The Morgan fingerprint density at radius 1 is 1.40 bits per heavy atom. The van der Waals surface area contributed by atoms with Gasteiger partial charge in [-0.1, -0.05) is 23.2 Å². The van der Waals surface area contributed by atoms with E-state index in [2.05, 4.69) is 4.98 Å². The smallest absolute Gasteiger partial charge is 0.289 e. The number of halogens is 4. The summed E-state index contributed by atoms with van der Waals surface area (Å²) in [7, 11) is 0. The molecule has 0 aromatic carbocycles. The Kier molecular flexibility index (Phi) is 3.83. The molecule has 0 amide bonds. The van der Waals surface area contributed by atoms with Crippen molar-refractivity contribution in [3.05, 3.63) is 28.0 Å². The van der Waals surface area contributed by atoms with Gasteiger partial charge in [-0.15, -0.1) is 0 Å². The van der Waals surface area contributed by atoms with Crippen LogP contribution in [0.4, 0.5) is 8.78 Å². The molecule has 3 nitrogen and oxygen atoms in total. The maximum atomic E-state index is 13.1. The van der Waals surface area contributed by atoms with Gasteiger partial charge >= 0.3 is 0 Å². The number of aliphatic hydroxyl groups is 1. The molecule has 3 N–H and O–H groups in total. The number of hydrogen-bond donors (Lipinski definition) is 2. The molecule has 0 aliphatic heterocycles.